The number of aliphatic imine (C=N–C) groups is 1. The molecule has 32 heavy (non-hydrogen) atoms. The van der Waals surface area contributed by atoms with Crippen molar-refractivity contribution in [3.05, 3.63) is 53.2 Å². The number of amides is 1. The van der Waals surface area contributed by atoms with Crippen LogP contribution in [0.4, 0.5) is 11.5 Å². The number of hydrogen-bond donors (Lipinski definition) is 1. The van der Waals surface area contributed by atoms with E-state index >= 15 is 0 Å². The van der Waals surface area contributed by atoms with Crippen LogP contribution in [0.1, 0.15) is 10.4 Å². The van der Waals surface area contributed by atoms with E-state index in [1.807, 2.05) is 23.1 Å². The van der Waals surface area contributed by atoms with Gasteiger partial charge >= 0.3 is 0 Å². The van der Waals surface area contributed by atoms with Crippen molar-refractivity contribution < 1.29 is 13.2 Å². The molecular formula is C21H22ClN5O3S2. The Morgan fingerprint density at radius 1 is 1.12 bits per heavy atom. The van der Waals surface area contributed by atoms with Crippen molar-refractivity contribution in [3.8, 4) is 0 Å². The van der Waals surface area contributed by atoms with Gasteiger partial charge in [0.1, 0.15) is 5.82 Å². The molecule has 11 heteroatoms. The average molecular weight is 492 g/mol. The van der Waals surface area contributed by atoms with Crippen LogP contribution in [-0.2, 0) is 9.84 Å². The van der Waals surface area contributed by atoms with Crippen LogP contribution in [0.2, 0.25) is 5.02 Å². The Bertz CT molecular complexity index is 1170. The van der Waals surface area contributed by atoms with Gasteiger partial charge in [0.15, 0.2) is 15.0 Å². The Morgan fingerprint density at radius 3 is 2.66 bits per heavy atom. The molecule has 1 amide bonds. The van der Waals surface area contributed by atoms with Gasteiger partial charge in [-0.05, 0) is 30.3 Å². The van der Waals surface area contributed by atoms with E-state index in [0.29, 0.717) is 34.5 Å². The zero-order valence-electron chi connectivity index (χ0n) is 17.1. The van der Waals surface area contributed by atoms with Crippen LogP contribution in [0.15, 0.2) is 47.6 Å². The molecule has 2 aromatic rings. The monoisotopic (exact) mass is 491 g/mol. The fourth-order valence-corrected chi connectivity index (χ4v) is 7.98. The van der Waals surface area contributed by atoms with E-state index in [4.69, 9.17) is 11.6 Å². The van der Waals surface area contributed by atoms with Gasteiger partial charge in [-0.2, -0.15) is 0 Å². The first-order valence-corrected chi connectivity index (χ1v) is 13.4. The molecule has 0 aliphatic carbocycles. The minimum atomic E-state index is -3.00. The summed E-state index contributed by atoms with van der Waals surface area (Å²) < 4.78 is 23.5. The highest BCUT2D eigenvalue weighted by Gasteiger charge is 2.42. The fraction of sp³-hybridized carbons (Fsp3) is 0.381. The standard InChI is InChI=1S/C21H22ClN5O3S2/c22-15-5-4-14(11-16(15)24-21-25-17-12-32(29,30)13-18(17)31-21)20(28)27-9-7-26(8-10-27)19-3-1-2-6-23-19/h1-6,11,17-18H,7-10,12-13H2,(H,24,25). The number of thioether (sulfide) groups is 1. The molecule has 2 unspecified atom stereocenters. The van der Waals surface area contributed by atoms with E-state index in [0.717, 1.165) is 18.9 Å². The van der Waals surface area contributed by atoms with Crippen LogP contribution in [0.3, 0.4) is 0 Å². The maximum atomic E-state index is 13.1. The normalized spacial score (nSPS) is 24.2. The number of rotatable bonds is 3. The molecule has 1 N–H and O–H groups in total. The predicted octanol–water partition coefficient (Wildman–Crippen LogP) is 2.38. The van der Waals surface area contributed by atoms with Gasteiger partial charge in [0, 0.05) is 43.2 Å². The molecule has 1 aromatic heterocycles. The van der Waals surface area contributed by atoms with E-state index in [-0.39, 0.29) is 28.7 Å². The molecule has 2 atom stereocenters. The molecule has 0 saturated carbocycles. The number of nitrogens with zero attached hydrogens (tertiary/aromatic N) is 4. The number of piperazine rings is 1. The first-order chi connectivity index (χ1) is 15.4. The van der Waals surface area contributed by atoms with E-state index in [1.54, 1.807) is 24.4 Å². The fourth-order valence-electron chi connectivity index (χ4n) is 4.15. The van der Waals surface area contributed by atoms with Crippen molar-refractivity contribution in [2.75, 3.05) is 47.9 Å². The van der Waals surface area contributed by atoms with Crippen LogP contribution in [0.5, 0.6) is 0 Å². The van der Waals surface area contributed by atoms with Gasteiger partial charge in [-0.3, -0.25) is 9.79 Å². The highest BCUT2D eigenvalue weighted by Crippen LogP contribution is 2.35. The largest absolute Gasteiger partial charge is 0.353 e. The third-order valence-corrected chi connectivity index (χ3v) is 9.28. The van der Waals surface area contributed by atoms with Crippen LogP contribution in [0, 0.1) is 0 Å². The second-order valence-corrected chi connectivity index (χ2v) is 11.8. The topological polar surface area (TPSA) is 95.0 Å². The van der Waals surface area contributed by atoms with Gasteiger partial charge in [0.25, 0.3) is 5.91 Å². The van der Waals surface area contributed by atoms with E-state index in [2.05, 4.69) is 20.2 Å². The van der Waals surface area contributed by atoms with Crippen molar-refractivity contribution >= 4 is 55.8 Å². The van der Waals surface area contributed by atoms with Crippen LogP contribution < -0.4 is 10.2 Å². The van der Waals surface area contributed by atoms with Gasteiger partial charge in [0.05, 0.1) is 28.3 Å². The first-order valence-electron chi connectivity index (χ1n) is 10.3. The van der Waals surface area contributed by atoms with Crippen LogP contribution in [0.25, 0.3) is 0 Å². The Morgan fingerprint density at radius 2 is 1.94 bits per heavy atom. The van der Waals surface area contributed by atoms with Crippen molar-refractivity contribution in [3.63, 3.8) is 0 Å². The van der Waals surface area contributed by atoms with Gasteiger partial charge in [-0.25, -0.2) is 13.4 Å². The molecule has 0 bridgehead atoms. The van der Waals surface area contributed by atoms with Crippen molar-refractivity contribution in [2.24, 2.45) is 4.99 Å². The number of anilines is 2. The molecule has 2 fully saturated rings. The van der Waals surface area contributed by atoms with Crippen LogP contribution in [-0.4, -0.2) is 78.4 Å². The zero-order valence-corrected chi connectivity index (χ0v) is 19.5. The molecule has 1 aromatic carbocycles. The number of fused-ring (bicyclic) bond motifs is 1. The first kappa shape index (κ1) is 21.5. The Balaban J connectivity index is 1.25. The summed E-state index contributed by atoms with van der Waals surface area (Å²) in [6.45, 7) is 2.67. The lowest BCUT2D eigenvalue weighted by Gasteiger charge is -2.35. The highest BCUT2D eigenvalue weighted by molar-refractivity contribution is 8.15. The maximum Gasteiger partial charge on any atom is 0.254 e. The third kappa shape index (κ3) is 4.44. The number of carbonyl (C=O) groups excluding carboxylic acids is 1. The summed E-state index contributed by atoms with van der Waals surface area (Å²) in [5.74, 6) is 1.11. The molecule has 5 rings (SSSR count). The molecule has 3 aliphatic rings. The maximum absolute atomic E-state index is 13.1. The molecule has 3 aliphatic heterocycles. The quantitative estimate of drug-likeness (QED) is 0.704. The van der Waals surface area contributed by atoms with Gasteiger partial charge in [0.2, 0.25) is 0 Å². The molecular weight excluding hydrogens is 470 g/mol. The minimum absolute atomic E-state index is 0.0469. The lowest BCUT2D eigenvalue weighted by molar-refractivity contribution is 0.0746. The summed E-state index contributed by atoms with van der Waals surface area (Å²) in [4.78, 5) is 26.0. The van der Waals surface area contributed by atoms with Gasteiger partial charge in [-0.15, -0.1) is 0 Å². The van der Waals surface area contributed by atoms with E-state index < -0.39 is 9.84 Å². The summed E-state index contributed by atoms with van der Waals surface area (Å²) in [6.07, 6.45) is 1.77. The molecule has 0 radical (unpaired) electrons. The number of amidine groups is 1. The van der Waals surface area contributed by atoms with E-state index in [1.165, 1.54) is 11.8 Å². The zero-order chi connectivity index (χ0) is 22.3. The number of nitrogens with one attached hydrogen (secondary N) is 1. The number of aromatic nitrogens is 1. The summed E-state index contributed by atoms with van der Waals surface area (Å²) in [7, 11) is -3.00. The molecule has 168 valence electrons. The SMILES string of the molecule is O=C(c1ccc(Cl)c(NC2=NC3CS(=O)(=O)CC3S2)c1)N1CCN(c2ccccn2)CC1. The summed E-state index contributed by atoms with van der Waals surface area (Å²) in [5.41, 5.74) is 1.15. The van der Waals surface area contributed by atoms with Crippen molar-refractivity contribution in [2.45, 2.75) is 11.3 Å². The summed E-state index contributed by atoms with van der Waals surface area (Å²) in [5, 5.41) is 4.26. The minimum Gasteiger partial charge on any atom is -0.353 e. The Kier molecular flexibility index (Phi) is 5.77. The molecule has 2 saturated heterocycles. The number of pyridine rings is 1. The molecule has 8 nitrogen and oxygen atoms in total. The van der Waals surface area contributed by atoms with Crippen LogP contribution >= 0.6 is 23.4 Å². The Labute approximate surface area is 196 Å². The lowest BCUT2D eigenvalue weighted by Crippen LogP contribution is -2.49. The van der Waals surface area contributed by atoms with Gasteiger partial charge < -0.3 is 15.1 Å². The number of sulfone groups is 1. The second-order valence-electron chi connectivity index (χ2n) is 8.02. The summed E-state index contributed by atoms with van der Waals surface area (Å²) >= 11 is 7.78. The Hall–Kier alpha value is -2.30. The highest BCUT2D eigenvalue weighted by atomic mass is 35.5. The number of benzene rings is 1. The molecule has 0 spiro atoms. The third-order valence-electron chi connectivity index (χ3n) is 5.81. The smallest absolute Gasteiger partial charge is 0.254 e. The average Bonchev–Trinajstić information content (AvgIpc) is 3.28. The van der Waals surface area contributed by atoms with Crippen molar-refractivity contribution in [1.29, 1.82) is 0 Å². The van der Waals surface area contributed by atoms with Crippen molar-refractivity contribution in [1.82, 2.24) is 9.88 Å². The summed E-state index contributed by atoms with van der Waals surface area (Å²) in [6, 6.07) is 10.8. The van der Waals surface area contributed by atoms with Gasteiger partial charge in [-0.1, -0.05) is 29.4 Å². The number of halogens is 1. The number of hydrogen-bond acceptors (Lipinski definition) is 8. The lowest BCUT2D eigenvalue weighted by atomic mass is 10.1. The number of carbonyl (C=O) groups is 1. The predicted molar refractivity (Wildman–Crippen MR) is 129 cm³/mol. The van der Waals surface area contributed by atoms with E-state index in [9.17, 15) is 13.2 Å². The molecule has 4 heterocycles. The second kappa shape index (κ2) is 8.57.